The van der Waals surface area contributed by atoms with Crippen molar-refractivity contribution < 1.29 is 4.74 Å². The molecule has 0 aliphatic carbocycles. The molecule has 18 heavy (non-hydrogen) atoms. The van der Waals surface area contributed by atoms with Gasteiger partial charge in [0.1, 0.15) is 5.01 Å². The summed E-state index contributed by atoms with van der Waals surface area (Å²) in [4.78, 5) is 8.68. The van der Waals surface area contributed by atoms with E-state index in [0.717, 1.165) is 42.4 Å². The first-order chi connectivity index (χ1) is 8.92. The summed E-state index contributed by atoms with van der Waals surface area (Å²) in [5.74, 6) is 0. The van der Waals surface area contributed by atoms with Gasteiger partial charge in [-0.3, -0.25) is 4.98 Å². The average Bonchev–Trinajstić information content (AvgIpc) is 2.89. The minimum Gasteiger partial charge on any atom is -0.375 e. The monoisotopic (exact) mass is 261 g/mol. The lowest BCUT2D eigenvalue weighted by atomic mass is 10.2. The number of hydrogen-bond acceptors (Lipinski definition) is 5. The lowest BCUT2D eigenvalue weighted by Gasteiger charge is -2.22. The molecule has 0 bridgehead atoms. The zero-order valence-electron chi connectivity index (χ0n) is 10.0. The van der Waals surface area contributed by atoms with Crippen molar-refractivity contribution in [1.82, 2.24) is 15.3 Å². The Morgan fingerprint density at radius 1 is 1.39 bits per heavy atom. The number of nitrogens with zero attached hydrogens (tertiary/aromatic N) is 2. The highest BCUT2D eigenvalue weighted by Crippen LogP contribution is 2.23. The number of ether oxygens (including phenoxy) is 1. The van der Waals surface area contributed by atoms with E-state index in [-0.39, 0.29) is 6.10 Å². The summed E-state index contributed by atoms with van der Waals surface area (Å²) in [6.07, 6.45) is 4.73. The molecule has 1 N–H and O–H groups in total. The second-order valence-corrected chi connectivity index (χ2v) is 5.14. The van der Waals surface area contributed by atoms with Gasteiger partial charge in [0, 0.05) is 42.8 Å². The molecule has 0 aromatic carbocycles. The molecule has 1 aliphatic rings. The summed E-state index contributed by atoms with van der Waals surface area (Å²) in [6, 6.07) is 3.97. The first-order valence-electron chi connectivity index (χ1n) is 6.09. The quantitative estimate of drug-likeness (QED) is 0.914. The number of hydrogen-bond donors (Lipinski definition) is 1. The van der Waals surface area contributed by atoms with E-state index in [9.17, 15) is 0 Å². The van der Waals surface area contributed by atoms with E-state index in [1.54, 1.807) is 23.7 Å². The van der Waals surface area contributed by atoms with Gasteiger partial charge in [-0.1, -0.05) is 0 Å². The summed E-state index contributed by atoms with van der Waals surface area (Å²) in [6.45, 7) is 2.67. The number of nitrogens with one attached hydrogen (secondary N) is 1. The molecule has 1 unspecified atom stereocenters. The molecule has 0 spiro atoms. The van der Waals surface area contributed by atoms with Crippen molar-refractivity contribution in [1.29, 1.82) is 0 Å². The normalized spacial score (nSPS) is 19.9. The Bertz CT molecular complexity index is 494. The van der Waals surface area contributed by atoms with Crippen LogP contribution in [0.2, 0.25) is 0 Å². The van der Waals surface area contributed by atoms with Crippen LogP contribution < -0.4 is 5.32 Å². The molecule has 0 radical (unpaired) electrons. The van der Waals surface area contributed by atoms with Crippen LogP contribution in [0.15, 0.2) is 29.9 Å². The highest BCUT2D eigenvalue weighted by molar-refractivity contribution is 7.13. The van der Waals surface area contributed by atoms with Gasteiger partial charge in [-0.15, -0.1) is 11.3 Å². The van der Waals surface area contributed by atoms with Crippen LogP contribution >= 0.6 is 11.3 Å². The van der Waals surface area contributed by atoms with Crippen molar-refractivity contribution in [3.8, 4) is 10.6 Å². The summed E-state index contributed by atoms with van der Waals surface area (Å²) in [5, 5.41) is 6.51. The lowest BCUT2D eigenvalue weighted by Crippen LogP contribution is -2.39. The van der Waals surface area contributed by atoms with Crippen LogP contribution in [-0.2, 0) is 11.2 Å². The van der Waals surface area contributed by atoms with E-state index in [1.807, 2.05) is 12.1 Å². The number of rotatable bonds is 3. The van der Waals surface area contributed by atoms with Gasteiger partial charge in [0.15, 0.2) is 0 Å². The van der Waals surface area contributed by atoms with Gasteiger partial charge in [-0.25, -0.2) is 4.98 Å². The number of pyridine rings is 1. The molecular weight excluding hydrogens is 246 g/mol. The van der Waals surface area contributed by atoms with Crippen LogP contribution in [0.4, 0.5) is 0 Å². The zero-order chi connectivity index (χ0) is 12.2. The maximum Gasteiger partial charge on any atom is 0.123 e. The van der Waals surface area contributed by atoms with Crippen molar-refractivity contribution in [3.05, 3.63) is 35.6 Å². The predicted molar refractivity (Wildman–Crippen MR) is 71.7 cm³/mol. The van der Waals surface area contributed by atoms with E-state index in [0.29, 0.717) is 0 Å². The van der Waals surface area contributed by atoms with Gasteiger partial charge >= 0.3 is 0 Å². The predicted octanol–water partition coefficient (Wildman–Crippen LogP) is 1.74. The number of thiazole rings is 1. The van der Waals surface area contributed by atoms with Gasteiger partial charge in [0.2, 0.25) is 0 Å². The first kappa shape index (κ1) is 11.8. The molecule has 3 rings (SSSR count). The smallest absolute Gasteiger partial charge is 0.123 e. The van der Waals surface area contributed by atoms with Crippen molar-refractivity contribution in [2.24, 2.45) is 0 Å². The van der Waals surface area contributed by atoms with E-state index < -0.39 is 0 Å². The second-order valence-electron chi connectivity index (χ2n) is 4.28. The third-order valence-corrected chi connectivity index (χ3v) is 3.86. The maximum absolute atomic E-state index is 5.69. The second kappa shape index (κ2) is 5.56. The fourth-order valence-electron chi connectivity index (χ4n) is 2.01. The molecule has 5 heteroatoms. The summed E-state index contributed by atoms with van der Waals surface area (Å²) >= 11 is 1.68. The Kier molecular flexibility index (Phi) is 3.64. The third-order valence-electron chi connectivity index (χ3n) is 2.92. The number of aromatic nitrogens is 2. The standard InChI is InChI=1S/C13H15N3OS/c1-3-14-4-2-10(1)13-16-11(9-18-13)7-12-8-15-5-6-17-12/h1-4,9,12,15H,5-8H2. The minimum absolute atomic E-state index is 0.256. The molecule has 1 fully saturated rings. The number of morpholine rings is 1. The fourth-order valence-corrected chi connectivity index (χ4v) is 2.85. The molecule has 2 aromatic rings. The summed E-state index contributed by atoms with van der Waals surface area (Å²) < 4.78 is 5.69. The van der Waals surface area contributed by atoms with Gasteiger partial charge in [0.05, 0.1) is 18.4 Å². The van der Waals surface area contributed by atoms with E-state index >= 15 is 0 Å². The molecule has 4 nitrogen and oxygen atoms in total. The van der Waals surface area contributed by atoms with Crippen LogP contribution in [0.3, 0.4) is 0 Å². The van der Waals surface area contributed by atoms with Gasteiger partial charge in [-0.05, 0) is 12.1 Å². The minimum atomic E-state index is 0.256. The van der Waals surface area contributed by atoms with E-state index in [1.165, 1.54) is 0 Å². The Labute approximate surface area is 110 Å². The molecule has 3 heterocycles. The van der Waals surface area contributed by atoms with Crippen molar-refractivity contribution >= 4 is 11.3 Å². The molecule has 2 aromatic heterocycles. The Morgan fingerprint density at radius 2 is 2.28 bits per heavy atom. The van der Waals surface area contributed by atoms with Crippen LogP contribution in [-0.4, -0.2) is 35.8 Å². The largest absolute Gasteiger partial charge is 0.375 e. The molecule has 1 atom stereocenters. The van der Waals surface area contributed by atoms with Gasteiger partial charge in [-0.2, -0.15) is 0 Å². The van der Waals surface area contributed by atoms with Crippen LogP contribution in [0.1, 0.15) is 5.69 Å². The molecule has 0 saturated carbocycles. The van der Waals surface area contributed by atoms with E-state index in [4.69, 9.17) is 4.74 Å². The SMILES string of the molecule is c1cc(-c2nc(CC3CNCCO3)cs2)ccn1. The highest BCUT2D eigenvalue weighted by Gasteiger charge is 2.15. The topological polar surface area (TPSA) is 47.0 Å². The highest BCUT2D eigenvalue weighted by atomic mass is 32.1. The van der Waals surface area contributed by atoms with Gasteiger partial charge in [0.25, 0.3) is 0 Å². The lowest BCUT2D eigenvalue weighted by molar-refractivity contribution is 0.0287. The summed E-state index contributed by atoms with van der Waals surface area (Å²) in [7, 11) is 0. The Balaban J connectivity index is 1.69. The van der Waals surface area contributed by atoms with Crippen molar-refractivity contribution in [2.75, 3.05) is 19.7 Å². The molecule has 1 aliphatic heterocycles. The van der Waals surface area contributed by atoms with Crippen LogP contribution in [0.25, 0.3) is 10.6 Å². The third kappa shape index (κ3) is 2.75. The van der Waals surface area contributed by atoms with Crippen LogP contribution in [0.5, 0.6) is 0 Å². The van der Waals surface area contributed by atoms with Crippen LogP contribution in [0, 0.1) is 0 Å². The van der Waals surface area contributed by atoms with E-state index in [2.05, 4.69) is 20.7 Å². The molecular formula is C13H15N3OS. The Hall–Kier alpha value is -1.30. The molecule has 94 valence electrons. The Morgan fingerprint density at radius 3 is 3.06 bits per heavy atom. The van der Waals surface area contributed by atoms with Crippen molar-refractivity contribution in [3.63, 3.8) is 0 Å². The zero-order valence-corrected chi connectivity index (χ0v) is 10.8. The maximum atomic E-state index is 5.69. The fraction of sp³-hybridized carbons (Fsp3) is 0.385. The van der Waals surface area contributed by atoms with Crippen molar-refractivity contribution in [2.45, 2.75) is 12.5 Å². The average molecular weight is 261 g/mol. The van der Waals surface area contributed by atoms with Gasteiger partial charge < -0.3 is 10.1 Å². The first-order valence-corrected chi connectivity index (χ1v) is 6.97. The summed E-state index contributed by atoms with van der Waals surface area (Å²) in [5.41, 5.74) is 2.24. The molecule has 1 saturated heterocycles. The molecule has 0 amide bonds.